The molecule has 0 aliphatic heterocycles. The Morgan fingerprint density at radius 1 is 1.15 bits per heavy atom. The number of methoxy groups -OCH3 is 2. The molecule has 0 spiro atoms. The molecule has 9 heteroatoms. The van der Waals surface area contributed by atoms with Gasteiger partial charge in [0.1, 0.15) is 23.4 Å². The zero-order valence-electron chi connectivity index (χ0n) is 15.0. The first-order valence-electron chi connectivity index (χ1n) is 7.86. The fraction of sp³-hybridized carbons (Fsp3) is 0.278. The van der Waals surface area contributed by atoms with Gasteiger partial charge in [-0.15, -0.1) is 0 Å². The molecule has 0 aromatic heterocycles. The highest BCUT2D eigenvalue weighted by Crippen LogP contribution is 2.29. The van der Waals surface area contributed by atoms with E-state index in [0.717, 1.165) is 22.7 Å². The molecule has 0 fully saturated rings. The normalized spacial score (nSPS) is 12.3. The van der Waals surface area contributed by atoms with Crippen molar-refractivity contribution >= 4 is 21.7 Å². The lowest BCUT2D eigenvalue weighted by molar-refractivity contribution is -0.138. The topological polar surface area (TPSA) is 93.1 Å². The highest BCUT2D eigenvalue weighted by atomic mass is 32.2. The Kier molecular flexibility index (Phi) is 6.27. The molecule has 146 valence electrons. The number of halogens is 1. The van der Waals surface area contributed by atoms with Crippen LogP contribution in [0.4, 0.5) is 10.1 Å². The van der Waals surface area contributed by atoms with Crippen molar-refractivity contribution in [2.24, 2.45) is 0 Å². The van der Waals surface area contributed by atoms with Gasteiger partial charge in [0.05, 0.1) is 26.2 Å². The van der Waals surface area contributed by atoms with Crippen LogP contribution < -0.4 is 13.8 Å². The van der Waals surface area contributed by atoms with Gasteiger partial charge < -0.3 is 14.6 Å². The summed E-state index contributed by atoms with van der Waals surface area (Å²) >= 11 is 0. The Labute approximate surface area is 157 Å². The number of nitrogens with zero attached hydrogens (tertiary/aromatic N) is 1. The van der Waals surface area contributed by atoms with E-state index >= 15 is 0 Å². The Morgan fingerprint density at radius 3 is 2.26 bits per heavy atom. The van der Waals surface area contributed by atoms with Crippen molar-refractivity contribution in [1.29, 1.82) is 0 Å². The first-order valence-corrected chi connectivity index (χ1v) is 9.71. The molecular weight excluding hydrogens is 377 g/mol. The standard InChI is InChI=1S/C18H20FNO6S/c1-25-15-8-9-17(26-2)12(10-15)11-16(18(21)22)20(27(3,23)24)14-6-4-13(19)5-7-14/h4-10,16H,11H2,1-3H3,(H,21,22)/t16-/m0/s1. The summed E-state index contributed by atoms with van der Waals surface area (Å²) in [5.41, 5.74) is 0.508. The molecule has 0 bridgehead atoms. The van der Waals surface area contributed by atoms with Crippen LogP contribution in [0.5, 0.6) is 11.5 Å². The van der Waals surface area contributed by atoms with Gasteiger partial charge in [-0.2, -0.15) is 0 Å². The molecule has 2 rings (SSSR count). The molecule has 0 heterocycles. The lowest BCUT2D eigenvalue weighted by Gasteiger charge is -2.29. The van der Waals surface area contributed by atoms with E-state index in [-0.39, 0.29) is 12.1 Å². The SMILES string of the molecule is COc1ccc(OC)c(C[C@@H](C(=O)O)N(c2ccc(F)cc2)S(C)(=O)=O)c1. The summed E-state index contributed by atoms with van der Waals surface area (Å²) in [6, 6.07) is 7.94. The number of hydrogen-bond acceptors (Lipinski definition) is 5. The molecular formula is C18H20FNO6S. The average molecular weight is 397 g/mol. The van der Waals surface area contributed by atoms with E-state index in [0.29, 0.717) is 17.1 Å². The van der Waals surface area contributed by atoms with Gasteiger partial charge in [0, 0.05) is 12.0 Å². The minimum Gasteiger partial charge on any atom is -0.497 e. The van der Waals surface area contributed by atoms with Crippen LogP contribution in [0.25, 0.3) is 0 Å². The van der Waals surface area contributed by atoms with E-state index in [1.807, 2.05) is 0 Å². The molecule has 27 heavy (non-hydrogen) atoms. The van der Waals surface area contributed by atoms with Gasteiger partial charge in [-0.3, -0.25) is 4.31 Å². The summed E-state index contributed by atoms with van der Waals surface area (Å²) in [7, 11) is -1.09. The number of carbonyl (C=O) groups is 1. The number of carboxylic acids is 1. The lowest BCUT2D eigenvalue weighted by atomic mass is 10.0. The lowest BCUT2D eigenvalue weighted by Crippen LogP contribution is -2.46. The summed E-state index contributed by atoms with van der Waals surface area (Å²) in [5, 5.41) is 9.72. The zero-order chi connectivity index (χ0) is 20.2. The molecule has 1 N–H and O–H groups in total. The Morgan fingerprint density at radius 2 is 1.78 bits per heavy atom. The van der Waals surface area contributed by atoms with Crippen LogP contribution >= 0.6 is 0 Å². The number of anilines is 1. The number of sulfonamides is 1. The van der Waals surface area contributed by atoms with Gasteiger partial charge in [-0.1, -0.05) is 0 Å². The quantitative estimate of drug-likeness (QED) is 0.735. The first-order chi connectivity index (χ1) is 12.7. The maximum absolute atomic E-state index is 13.2. The van der Waals surface area contributed by atoms with Crippen LogP contribution in [0.2, 0.25) is 0 Å². The van der Waals surface area contributed by atoms with Gasteiger partial charge in [0.25, 0.3) is 0 Å². The maximum Gasteiger partial charge on any atom is 0.327 e. The molecule has 0 aliphatic carbocycles. The third kappa shape index (κ3) is 4.88. The van der Waals surface area contributed by atoms with Crippen molar-refractivity contribution in [1.82, 2.24) is 0 Å². The first kappa shape index (κ1) is 20.5. The van der Waals surface area contributed by atoms with Crippen LogP contribution in [-0.4, -0.2) is 46.0 Å². The molecule has 0 radical (unpaired) electrons. The second-order valence-electron chi connectivity index (χ2n) is 5.77. The minimum atomic E-state index is -3.97. The summed E-state index contributed by atoms with van der Waals surface area (Å²) in [6.45, 7) is 0. The fourth-order valence-electron chi connectivity index (χ4n) is 2.71. The molecule has 7 nitrogen and oxygen atoms in total. The number of benzene rings is 2. The van der Waals surface area contributed by atoms with Crippen molar-refractivity contribution in [3.05, 3.63) is 53.8 Å². The second kappa shape index (κ2) is 8.26. The van der Waals surface area contributed by atoms with Crippen molar-refractivity contribution < 1.29 is 32.2 Å². The maximum atomic E-state index is 13.2. The van der Waals surface area contributed by atoms with Crippen LogP contribution in [0.1, 0.15) is 5.56 Å². The molecule has 2 aromatic carbocycles. The molecule has 0 saturated heterocycles. The third-order valence-electron chi connectivity index (χ3n) is 3.91. The smallest absolute Gasteiger partial charge is 0.327 e. The van der Waals surface area contributed by atoms with Crippen LogP contribution in [0.3, 0.4) is 0 Å². The predicted octanol–water partition coefficient (Wildman–Crippen LogP) is 2.30. The predicted molar refractivity (Wildman–Crippen MR) is 98.4 cm³/mol. The van der Waals surface area contributed by atoms with Crippen molar-refractivity contribution in [2.45, 2.75) is 12.5 Å². The Balaban J connectivity index is 2.54. The van der Waals surface area contributed by atoms with E-state index in [1.54, 1.807) is 18.2 Å². The van der Waals surface area contributed by atoms with E-state index in [4.69, 9.17) is 9.47 Å². The van der Waals surface area contributed by atoms with Crippen LogP contribution in [-0.2, 0) is 21.2 Å². The van der Waals surface area contributed by atoms with Crippen LogP contribution in [0, 0.1) is 5.82 Å². The van der Waals surface area contributed by atoms with E-state index < -0.39 is 27.9 Å². The zero-order valence-corrected chi connectivity index (χ0v) is 15.9. The summed E-state index contributed by atoms with van der Waals surface area (Å²) < 4.78 is 49.1. The number of carboxylic acid groups (broad SMARTS) is 1. The number of hydrogen-bond donors (Lipinski definition) is 1. The minimum absolute atomic E-state index is 0.0492. The van der Waals surface area contributed by atoms with Crippen molar-refractivity contribution in [2.75, 3.05) is 24.8 Å². The molecule has 0 unspecified atom stereocenters. The van der Waals surface area contributed by atoms with Crippen LogP contribution in [0.15, 0.2) is 42.5 Å². The Bertz CT molecular complexity index is 914. The molecule has 0 amide bonds. The second-order valence-corrected chi connectivity index (χ2v) is 7.63. The molecule has 2 aromatic rings. The molecule has 0 saturated carbocycles. The van der Waals surface area contributed by atoms with Gasteiger partial charge >= 0.3 is 5.97 Å². The fourth-order valence-corrected chi connectivity index (χ4v) is 3.84. The van der Waals surface area contributed by atoms with Gasteiger partial charge in [-0.25, -0.2) is 17.6 Å². The number of aliphatic carboxylic acids is 1. The number of rotatable bonds is 8. The van der Waals surface area contributed by atoms with E-state index in [9.17, 15) is 22.7 Å². The Hall–Kier alpha value is -2.81. The molecule has 0 aliphatic rings. The van der Waals surface area contributed by atoms with Gasteiger partial charge in [-0.05, 0) is 42.5 Å². The van der Waals surface area contributed by atoms with Gasteiger partial charge in [0.15, 0.2) is 0 Å². The summed E-state index contributed by atoms with van der Waals surface area (Å²) in [6.07, 6.45) is 0.718. The van der Waals surface area contributed by atoms with E-state index in [2.05, 4.69) is 0 Å². The van der Waals surface area contributed by atoms with Gasteiger partial charge in [0.2, 0.25) is 10.0 Å². The molecule has 1 atom stereocenters. The van der Waals surface area contributed by atoms with Crippen molar-refractivity contribution in [3.8, 4) is 11.5 Å². The summed E-state index contributed by atoms with van der Waals surface area (Å²) in [4.78, 5) is 11.9. The highest BCUT2D eigenvalue weighted by Gasteiger charge is 2.33. The van der Waals surface area contributed by atoms with Crippen molar-refractivity contribution in [3.63, 3.8) is 0 Å². The third-order valence-corrected chi connectivity index (χ3v) is 5.09. The van der Waals surface area contributed by atoms with E-state index in [1.165, 1.54) is 26.4 Å². The summed E-state index contributed by atoms with van der Waals surface area (Å²) in [5.74, 6) is -1.04. The monoisotopic (exact) mass is 397 g/mol. The highest BCUT2D eigenvalue weighted by molar-refractivity contribution is 7.92. The number of ether oxygens (including phenoxy) is 2. The largest absolute Gasteiger partial charge is 0.497 e. The average Bonchev–Trinajstić information content (AvgIpc) is 2.61.